The van der Waals surface area contributed by atoms with Crippen LogP contribution in [-0.2, 0) is 4.79 Å². The quantitative estimate of drug-likeness (QED) is 0.293. The Kier molecular flexibility index (Phi) is 3.32. The van der Waals surface area contributed by atoms with Gasteiger partial charge in [0.2, 0.25) is 0 Å². The predicted octanol–water partition coefficient (Wildman–Crippen LogP) is 3.32. The van der Waals surface area contributed by atoms with Crippen LogP contribution in [0, 0.1) is 10.1 Å². The van der Waals surface area contributed by atoms with Crippen molar-refractivity contribution in [2.45, 2.75) is 0 Å². The molecule has 2 aromatic rings. The van der Waals surface area contributed by atoms with E-state index in [2.05, 4.69) is 31.7 Å². The highest BCUT2D eigenvalue weighted by atomic mass is 79.9. The average molecular weight is 401 g/mol. The first-order valence-electron chi connectivity index (χ1n) is 7.13. The third-order valence-corrected chi connectivity index (χ3v) is 4.54. The van der Waals surface area contributed by atoms with Gasteiger partial charge in [0.1, 0.15) is 5.71 Å². The smallest absolute Gasteiger partial charge is 0.270 e. The van der Waals surface area contributed by atoms with Gasteiger partial charge in [-0.1, -0.05) is 21.1 Å². The van der Waals surface area contributed by atoms with Crippen molar-refractivity contribution in [2.75, 3.05) is 10.6 Å². The number of oxime groups is 1. The predicted molar refractivity (Wildman–Crippen MR) is 94.7 cm³/mol. The van der Waals surface area contributed by atoms with Crippen LogP contribution in [0.15, 0.2) is 51.7 Å². The molecule has 0 aromatic heterocycles. The summed E-state index contributed by atoms with van der Waals surface area (Å²) in [5.41, 5.74) is 2.70. The van der Waals surface area contributed by atoms with Gasteiger partial charge in [0, 0.05) is 39.1 Å². The molecule has 25 heavy (non-hydrogen) atoms. The normalized spacial score (nSPS) is 19.4. The highest BCUT2D eigenvalue weighted by Crippen LogP contribution is 2.40. The Labute approximate surface area is 149 Å². The molecular formula is C16H9BrN4O4. The molecular weight excluding hydrogens is 392 g/mol. The van der Waals surface area contributed by atoms with Crippen LogP contribution in [0.3, 0.4) is 0 Å². The van der Waals surface area contributed by atoms with Crippen LogP contribution >= 0.6 is 15.9 Å². The summed E-state index contributed by atoms with van der Waals surface area (Å²) in [4.78, 5) is 23.0. The molecule has 0 saturated heterocycles. The van der Waals surface area contributed by atoms with Crippen molar-refractivity contribution in [3.05, 3.63) is 67.8 Å². The summed E-state index contributed by atoms with van der Waals surface area (Å²) in [6, 6.07) is 9.47. The topological polar surface area (TPSA) is 117 Å². The lowest BCUT2D eigenvalue weighted by Crippen LogP contribution is -2.12. The fourth-order valence-electron chi connectivity index (χ4n) is 2.95. The monoisotopic (exact) mass is 400 g/mol. The molecule has 0 unspecified atom stereocenters. The van der Waals surface area contributed by atoms with Crippen LogP contribution in [0.5, 0.6) is 0 Å². The lowest BCUT2D eigenvalue weighted by atomic mass is 10.0. The number of rotatable bonds is 1. The van der Waals surface area contributed by atoms with Crippen molar-refractivity contribution in [2.24, 2.45) is 5.16 Å². The number of amides is 1. The zero-order valence-corrected chi connectivity index (χ0v) is 14.0. The zero-order chi connectivity index (χ0) is 17.7. The molecule has 2 aliphatic heterocycles. The molecule has 0 bridgehead atoms. The molecule has 0 atom stereocenters. The van der Waals surface area contributed by atoms with Gasteiger partial charge in [-0.25, -0.2) is 0 Å². The number of anilines is 2. The van der Waals surface area contributed by atoms with E-state index in [0.29, 0.717) is 28.2 Å². The van der Waals surface area contributed by atoms with E-state index in [-0.39, 0.29) is 17.0 Å². The Morgan fingerprint density at radius 1 is 1.08 bits per heavy atom. The number of fused-ring (bicyclic) bond motifs is 2. The molecule has 2 aromatic carbocycles. The Balaban J connectivity index is 1.95. The van der Waals surface area contributed by atoms with E-state index in [0.717, 1.165) is 4.47 Å². The number of carbonyl (C=O) groups excluding carboxylic acids is 1. The number of benzene rings is 2. The molecule has 2 aliphatic rings. The summed E-state index contributed by atoms with van der Waals surface area (Å²) in [6.07, 6.45) is 0. The second-order valence-corrected chi connectivity index (χ2v) is 6.37. The van der Waals surface area contributed by atoms with E-state index < -0.39 is 10.8 Å². The lowest BCUT2D eigenvalue weighted by Gasteiger charge is -2.05. The molecule has 8 nitrogen and oxygen atoms in total. The molecule has 124 valence electrons. The van der Waals surface area contributed by atoms with E-state index in [1.165, 1.54) is 18.2 Å². The summed E-state index contributed by atoms with van der Waals surface area (Å²) < 4.78 is 0.785. The first kappa shape index (κ1) is 15.3. The summed E-state index contributed by atoms with van der Waals surface area (Å²) in [5, 5.41) is 29.6. The van der Waals surface area contributed by atoms with Crippen molar-refractivity contribution >= 4 is 50.2 Å². The molecule has 0 spiro atoms. The Morgan fingerprint density at radius 3 is 2.52 bits per heavy atom. The number of hydrogen-bond acceptors (Lipinski definition) is 6. The van der Waals surface area contributed by atoms with Gasteiger partial charge in [-0.3, -0.25) is 14.9 Å². The number of hydrogen-bond donors (Lipinski definition) is 3. The second-order valence-electron chi connectivity index (χ2n) is 5.45. The Bertz CT molecular complexity index is 1030. The van der Waals surface area contributed by atoms with Crippen LogP contribution in [0.2, 0.25) is 0 Å². The maximum atomic E-state index is 12.5. The maximum Gasteiger partial charge on any atom is 0.270 e. The number of non-ortho nitro benzene ring substituents is 1. The van der Waals surface area contributed by atoms with Crippen LogP contribution in [-0.4, -0.2) is 21.7 Å². The first-order valence-corrected chi connectivity index (χ1v) is 7.92. The number of nitrogens with zero attached hydrogens (tertiary/aromatic N) is 2. The molecule has 1 amide bonds. The number of carbonyl (C=O) groups is 1. The van der Waals surface area contributed by atoms with Gasteiger partial charge >= 0.3 is 0 Å². The van der Waals surface area contributed by atoms with Gasteiger partial charge in [-0.05, 0) is 24.3 Å². The van der Waals surface area contributed by atoms with E-state index >= 15 is 0 Å². The van der Waals surface area contributed by atoms with Crippen LogP contribution in [0.1, 0.15) is 11.1 Å². The van der Waals surface area contributed by atoms with Crippen LogP contribution < -0.4 is 10.6 Å². The molecule has 0 aliphatic carbocycles. The standard InChI is InChI=1S/C16H9BrN4O4/c17-7-1-3-12-10(5-7)14(20-23)15(18-12)13-9-6-8(21(24)25)2-4-11(9)19-16(13)22/h1-6,18,23H,(H,19,22). The molecule has 2 heterocycles. The first-order chi connectivity index (χ1) is 12.0. The zero-order valence-electron chi connectivity index (χ0n) is 12.4. The maximum absolute atomic E-state index is 12.5. The van der Waals surface area contributed by atoms with E-state index in [1.807, 2.05) is 6.07 Å². The highest BCUT2D eigenvalue weighted by Gasteiger charge is 2.35. The number of nitrogens with one attached hydrogen (secondary N) is 2. The number of allylic oxidation sites excluding steroid dienone is 1. The third-order valence-electron chi connectivity index (χ3n) is 4.04. The fraction of sp³-hybridized carbons (Fsp3) is 0. The number of nitro groups is 1. The molecule has 4 rings (SSSR count). The van der Waals surface area contributed by atoms with Gasteiger partial charge in [0.25, 0.3) is 11.6 Å². The van der Waals surface area contributed by atoms with Crippen molar-refractivity contribution in [1.82, 2.24) is 0 Å². The van der Waals surface area contributed by atoms with Gasteiger partial charge in [-0.15, -0.1) is 0 Å². The van der Waals surface area contributed by atoms with Crippen molar-refractivity contribution in [3.63, 3.8) is 0 Å². The Hall–Kier alpha value is -3.20. The lowest BCUT2D eigenvalue weighted by molar-refractivity contribution is -0.384. The van der Waals surface area contributed by atoms with Crippen molar-refractivity contribution in [1.29, 1.82) is 0 Å². The van der Waals surface area contributed by atoms with Gasteiger partial charge < -0.3 is 15.8 Å². The van der Waals surface area contributed by atoms with Crippen molar-refractivity contribution in [3.8, 4) is 0 Å². The van der Waals surface area contributed by atoms with Crippen LogP contribution in [0.4, 0.5) is 17.1 Å². The van der Waals surface area contributed by atoms with Crippen LogP contribution in [0.25, 0.3) is 5.57 Å². The molecule has 0 saturated carbocycles. The minimum atomic E-state index is -0.527. The number of nitro benzene ring substituents is 1. The third kappa shape index (κ3) is 2.28. The molecule has 0 fully saturated rings. The van der Waals surface area contributed by atoms with E-state index in [9.17, 15) is 20.1 Å². The molecule has 9 heteroatoms. The fourth-order valence-corrected chi connectivity index (χ4v) is 3.31. The van der Waals surface area contributed by atoms with E-state index in [4.69, 9.17) is 0 Å². The van der Waals surface area contributed by atoms with Gasteiger partial charge in [0.05, 0.1) is 16.2 Å². The number of halogens is 1. The van der Waals surface area contributed by atoms with E-state index in [1.54, 1.807) is 12.1 Å². The largest absolute Gasteiger partial charge is 0.410 e. The molecule has 0 radical (unpaired) electrons. The molecule has 3 N–H and O–H groups in total. The highest BCUT2D eigenvalue weighted by molar-refractivity contribution is 9.10. The second kappa shape index (κ2) is 5.42. The SMILES string of the molecule is O=C1Nc2ccc([N+](=O)[O-])cc2C1=C1Nc2ccc(Br)cc2C1=NO. The summed E-state index contributed by atoms with van der Waals surface area (Å²) >= 11 is 3.35. The summed E-state index contributed by atoms with van der Waals surface area (Å²) in [5.74, 6) is -0.425. The summed E-state index contributed by atoms with van der Waals surface area (Å²) in [6.45, 7) is 0. The van der Waals surface area contributed by atoms with Crippen molar-refractivity contribution < 1.29 is 14.9 Å². The average Bonchev–Trinajstić information content (AvgIpc) is 3.09. The summed E-state index contributed by atoms with van der Waals surface area (Å²) in [7, 11) is 0. The Morgan fingerprint density at radius 2 is 1.80 bits per heavy atom. The van der Waals surface area contributed by atoms with Gasteiger partial charge in [0.15, 0.2) is 0 Å². The van der Waals surface area contributed by atoms with Gasteiger partial charge in [-0.2, -0.15) is 0 Å². The minimum Gasteiger partial charge on any atom is -0.410 e. The minimum absolute atomic E-state index is 0.130.